The fourth-order valence-corrected chi connectivity index (χ4v) is 4.95. The molecule has 3 heterocycles. The lowest BCUT2D eigenvalue weighted by Crippen LogP contribution is -2.44. The Balaban J connectivity index is 1.43. The monoisotopic (exact) mass is 489 g/mol. The van der Waals surface area contributed by atoms with Crippen LogP contribution < -0.4 is 10.1 Å². The van der Waals surface area contributed by atoms with Crippen LogP contribution in [-0.4, -0.2) is 22.0 Å². The van der Waals surface area contributed by atoms with Gasteiger partial charge in [0.2, 0.25) is 5.95 Å². The molecule has 1 aromatic heterocycles. The molecule has 2 aliphatic heterocycles. The van der Waals surface area contributed by atoms with E-state index in [-0.39, 0.29) is 28.4 Å². The van der Waals surface area contributed by atoms with Crippen molar-refractivity contribution in [1.82, 2.24) is 9.88 Å². The first-order valence-corrected chi connectivity index (χ1v) is 11.3. The van der Waals surface area contributed by atoms with E-state index in [1.807, 2.05) is 30.3 Å². The van der Waals surface area contributed by atoms with Crippen molar-refractivity contribution < 1.29 is 18.3 Å². The molecule has 170 valence electrons. The van der Waals surface area contributed by atoms with E-state index in [1.165, 1.54) is 12.3 Å². The van der Waals surface area contributed by atoms with Gasteiger partial charge in [0.1, 0.15) is 18.2 Å². The largest absolute Gasteiger partial charge is 0.487 e. The van der Waals surface area contributed by atoms with Crippen molar-refractivity contribution in [2.45, 2.75) is 38.0 Å². The van der Waals surface area contributed by atoms with Crippen LogP contribution in [0.25, 0.3) is 0 Å². The van der Waals surface area contributed by atoms with Crippen LogP contribution in [0.5, 0.6) is 5.75 Å². The molecule has 2 aromatic carbocycles. The van der Waals surface area contributed by atoms with E-state index in [2.05, 4.69) is 10.3 Å². The number of urea groups is 1. The van der Waals surface area contributed by atoms with E-state index >= 15 is 0 Å². The molecule has 2 aliphatic rings. The van der Waals surface area contributed by atoms with Gasteiger partial charge in [0, 0.05) is 17.2 Å². The molecule has 5 nitrogen and oxygen atoms in total. The van der Waals surface area contributed by atoms with Gasteiger partial charge in [-0.05, 0) is 37.0 Å². The highest BCUT2D eigenvalue weighted by Gasteiger charge is 2.45. The predicted octanol–water partition coefficient (Wildman–Crippen LogP) is 6.54. The summed E-state index contributed by atoms with van der Waals surface area (Å²) >= 11 is 11.8. The number of rotatable bonds is 4. The number of carbonyl (C=O) groups excluding carboxylic acids is 1. The second-order valence-electron chi connectivity index (χ2n) is 8.11. The smallest absolute Gasteiger partial charge is 0.322 e. The van der Waals surface area contributed by atoms with Gasteiger partial charge in [-0.1, -0.05) is 53.5 Å². The number of halogens is 4. The van der Waals surface area contributed by atoms with E-state index in [1.54, 1.807) is 4.90 Å². The normalized spacial score (nSPS) is 18.7. The molecule has 0 aliphatic carbocycles. The average Bonchev–Trinajstić information content (AvgIpc) is 3.12. The van der Waals surface area contributed by atoms with E-state index in [9.17, 15) is 13.6 Å². The molecular formula is C24H19Cl2F2N3O2. The highest BCUT2D eigenvalue weighted by Crippen LogP contribution is 2.48. The number of anilines is 1. The summed E-state index contributed by atoms with van der Waals surface area (Å²) in [6.45, 7) is 0.289. The number of benzene rings is 2. The van der Waals surface area contributed by atoms with Crippen molar-refractivity contribution in [2.24, 2.45) is 0 Å². The van der Waals surface area contributed by atoms with E-state index < -0.39 is 23.8 Å². The van der Waals surface area contributed by atoms with Crippen LogP contribution in [0.2, 0.25) is 10.0 Å². The molecule has 1 fully saturated rings. The van der Waals surface area contributed by atoms with Gasteiger partial charge in [0.15, 0.2) is 0 Å². The number of hydrogen-bond acceptors (Lipinski definition) is 3. The summed E-state index contributed by atoms with van der Waals surface area (Å²) in [5.41, 5.74) is 1.98. The number of ether oxygens (including phenoxy) is 1. The second kappa shape index (κ2) is 8.80. The zero-order valence-corrected chi connectivity index (χ0v) is 18.8. The van der Waals surface area contributed by atoms with Crippen LogP contribution >= 0.6 is 23.2 Å². The first kappa shape index (κ1) is 21.9. The van der Waals surface area contributed by atoms with Crippen LogP contribution in [0.15, 0.2) is 48.7 Å². The molecule has 0 saturated carbocycles. The molecule has 2 atom stereocenters. The van der Waals surface area contributed by atoms with Gasteiger partial charge >= 0.3 is 6.03 Å². The predicted molar refractivity (Wildman–Crippen MR) is 122 cm³/mol. The quantitative estimate of drug-likeness (QED) is 0.334. The number of carbonyl (C=O) groups is 1. The number of amides is 2. The number of nitrogens with zero attached hydrogens (tertiary/aromatic N) is 2. The molecule has 5 rings (SSSR count). The molecule has 9 heteroatoms. The highest BCUT2D eigenvalue weighted by molar-refractivity contribution is 6.42. The van der Waals surface area contributed by atoms with Crippen molar-refractivity contribution in [3.05, 3.63) is 87.2 Å². The lowest BCUT2D eigenvalue weighted by atomic mass is 9.94. The summed E-state index contributed by atoms with van der Waals surface area (Å²) in [7, 11) is 0. The summed E-state index contributed by atoms with van der Waals surface area (Å²) in [6, 6.07) is 10.8. The molecule has 1 saturated heterocycles. The maximum absolute atomic E-state index is 14.6. The average molecular weight is 490 g/mol. The van der Waals surface area contributed by atoms with Gasteiger partial charge in [-0.2, -0.15) is 4.39 Å². The summed E-state index contributed by atoms with van der Waals surface area (Å²) in [4.78, 5) is 18.7. The Morgan fingerprint density at radius 3 is 2.70 bits per heavy atom. The first-order valence-electron chi connectivity index (χ1n) is 10.5. The van der Waals surface area contributed by atoms with Gasteiger partial charge in [-0.25, -0.2) is 14.2 Å². The Hall–Kier alpha value is -2.90. The van der Waals surface area contributed by atoms with Crippen molar-refractivity contribution in [1.29, 1.82) is 0 Å². The Morgan fingerprint density at radius 1 is 1.15 bits per heavy atom. The molecule has 2 bridgehead atoms. The van der Waals surface area contributed by atoms with Gasteiger partial charge in [-0.15, -0.1) is 0 Å². The molecule has 0 spiro atoms. The SMILES string of the molecule is O=C(Nc1cc(Cl)c(Cl)cc1F)N1[C@H]2CC[C@@H]1c1c(OCc3ccccc3)cnc(F)c1C2. The van der Waals surface area contributed by atoms with Gasteiger partial charge in [0.05, 0.1) is 28.0 Å². The van der Waals surface area contributed by atoms with Crippen LogP contribution in [0.1, 0.15) is 35.6 Å². The van der Waals surface area contributed by atoms with E-state index in [4.69, 9.17) is 27.9 Å². The molecule has 0 unspecified atom stereocenters. The fraction of sp³-hybridized carbons (Fsp3) is 0.250. The second-order valence-corrected chi connectivity index (χ2v) is 8.93. The number of hydrogen-bond donors (Lipinski definition) is 1. The minimum Gasteiger partial charge on any atom is -0.487 e. The van der Waals surface area contributed by atoms with Crippen LogP contribution in [0.4, 0.5) is 19.3 Å². The third-order valence-electron chi connectivity index (χ3n) is 6.13. The molecule has 33 heavy (non-hydrogen) atoms. The summed E-state index contributed by atoms with van der Waals surface area (Å²) in [5.74, 6) is -0.798. The lowest BCUT2D eigenvalue weighted by Gasteiger charge is -2.37. The Kier molecular flexibility index (Phi) is 5.85. The maximum atomic E-state index is 14.6. The standard InChI is InChI=1S/C24H19Cl2F2N3O2/c25-16-9-18(27)19(10-17(16)26)30-24(32)31-14-6-7-20(31)22-15(8-14)23(28)29-11-21(22)33-12-13-4-2-1-3-5-13/h1-5,9-11,14,20H,6-8,12H2,(H,30,32)/t14-,20+/m0/s1. The topological polar surface area (TPSA) is 54.5 Å². The number of pyridine rings is 1. The lowest BCUT2D eigenvalue weighted by molar-refractivity contribution is 0.174. The molecule has 3 aromatic rings. The Bertz CT molecular complexity index is 1230. The van der Waals surface area contributed by atoms with Gasteiger partial charge < -0.3 is 15.0 Å². The van der Waals surface area contributed by atoms with Crippen LogP contribution in [0, 0.1) is 11.8 Å². The van der Waals surface area contributed by atoms with Crippen molar-refractivity contribution in [2.75, 3.05) is 5.32 Å². The van der Waals surface area contributed by atoms with Crippen molar-refractivity contribution in [3.8, 4) is 5.75 Å². The third-order valence-corrected chi connectivity index (χ3v) is 6.86. The number of aromatic nitrogens is 1. The zero-order chi connectivity index (χ0) is 23.1. The van der Waals surface area contributed by atoms with Gasteiger partial charge in [-0.3, -0.25) is 0 Å². The minimum absolute atomic E-state index is 0.0577. The van der Waals surface area contributed by atoms with Crippen LogP contribution in [-0.2, 0) is 13.0 Å². The third kappa shape index (κ3) is 4.11. The highest BCUT2D eigenvalue weighted by atomic mass is 35.5. The Morgan fingerprint density at radius 2 is 1.91 bits per heavy atom. The summed E-state index contributed by atoms with van der Waals surface area (Å²) < 4.78 is 35.0. The van der Waals surface area contributed by atoms with Crippen molar-refractivity contribution in [3.63, 3.8) is 0 Å². The maximum Gasteiger partial charge on any atom is 0.322 e. The first-order chi connectivity index (χ1) is 15.9. The number of fused-ring (bicyclic) bond motifs is 4. The Labute approximate surface area is 199 Å². The minimum atomic E-state index is -0.690. The van der Waals surface area contributed by atoms with Crippen molar-refractivity contribution >= 4 is 34.9 Å². The molecule has 2 amide bonds. The zero-order valence-electron chi connectivity index (χ0n) is 17.3. The van der Waals surface area contributed by atoms with E-state index in [0.717, 1.165) is 11.6 Å². The van der Waals surface area contributed by atoms with Crippen LogP contribution in [0.3, 0.4) is 0 Å². The summed E-state index contributed by atoms with van der Waals surface area (Å²) in [5, 5.41) is 2.78. The summed E-state index contributed by atoms with van der Waals surface area (Å²) in [6.07, 6.45) is 3.00. The molecular weight excluding hydrogens is 471 g/mol. The molecule has 0 radical (unpaired) electrons. The molecule has 1 N–H and O–H groups in total. The number of nitrogens with one attached hydrogen (secondary N) is 1. The van der Waals surface area contributed by atoms with E-state index in [0.29, 0.717) is 36.1 Å². The fourth-order valence-electron chi connectivity index (χ4n) is 4.64. The van der Waals surface area contributed by atoms with Gasteiger partial charge in [0.25, 0.3) is 0 Å².